The molecule has 3 N–H and O–H groups in total. The van der Waals surface area contributed by atoms with E-state index < -0.39 is 11.7 Å². The number of ether oxygens (including phenoxy) is 1. The van der Waals surface area contributed by atoms with E-state index in [1.54, 1.807) is 0 Å². The molecule has 0 radical (unpaired) electrons. The summed E-state index contributed by atoms with van der Waals surface area (Å²) in [6, 6.07) is 12.6. The van der Waals surface area contributed by atoms with Crippen molar-refractivity contribution in [1.82, 2.24) is 15.3 Å². The number of aryl methyl sites for hydroxylation is 1. The summed E-state index contributed by atoms with van der Waals surface area (Å²) in [6.07, 6.45) is 7.21. The van der Waals surface area contributed by atoms with Crippen LogP contribution in [-0.4, -0.2) is 41.7 Å². The zero-order chi connectivity index (χ0) is 25.6. The van der Waals surface area contributed by atoms with Gasteiger partial charge in [0.25, 0.3) is 5.91 Å². The van der Waals surface area contributed by atoms with E-state index in [1.807, 2.05) is 12.1 Å². The molecule has 2 aliphatic heterocycles. The maximum Gasteiger partial charge on any atom is 0.259 e. The lowest BCUT2D eigenvalue weighted by molar-refractivity contribution is 0.101. The Balaban J connectivity index is 1.34. The Morgan fingerprint density at radius 2 is 1.95 bits per heavy atom. The summed E-state index contributed by atoms with van der Waals surface area (Å²) in [5, 5.41) is 9.37. The summed E-state index contributed by atoms with van der Waals surface area (Å²) in [5.74, 6) is -0.129. The summed E-state index contributed by atoms with van der Waals surface area (Å²) in [5.41, 5.74) is 3.01. The molecule has 5 rings (SSSR count). The molecule has 0 bridgehead atoms. The highest BCUT2D eigenvalue weighted by Gasteiger charge is 2.21. The van der Waals surface area contributed by atoms with Crippen LogP contribution in [0.5, 0.6) is 0 Å². The van der Waals surface area contributed by atoms with E-state index in [9.17, 15) is 9.18 Å². The number of carbonyl (C=O) groups excluding carboxylic acids is 1. The Labute approximate surface area is 221 Å². The third-order valence-electron chi connectivity index (χ3n) is 7.02. The molecule has 2 fully saturated rings. The summed E-state index contributed by atoms with van der Waals surface area (Å²) in [6.45, 7) is 2.86. The molecule has 1 aromatic heterocycles. The Kier molecular flexibility index (Phi) is 8.28. The molecule has 9 heteroatoms. The minimum Gasteiger partial charge on any atom is -0.378 e. The predicted octanol–water partition coefficient (Wildman–Crippen LogP) is 5.84. The van der Waals surface area contributed by atoms with Crippen LogP contribution < -0.4 is 16.0 Å². The lowest BCUT2D eigenvalue weighted by Crippen LogP contribution is -2.26. The van der Waals surface area contributed by atoms with Gasteiger partial charge in [-0.3, -0.25) is 4.79 Å². The average Bonchev–Trinajstić information content (AvgIpc) is 3.44. The van der Waals surface area contributed by atoms with Gasteiger partial charge in [-0.25, -0.2) is 14.4 Å². The number of aromatic nitrogens is 2. The monoisotopic (exact) mass is 523 g/mol. The van der Waals surface area contributed by atoms with E-state index in [2.05, 4.69) is 38.1 Å². The minimum absolute atomic E-state index is 0.0599. The van der Waals surface area contributed by atoms with Crippen LogP contribution in [0.3, 0.4) is 0 Å². The van der Waals surface area contributed by atoms with Crippen molar-refractivity contribution < 1.29 is 13.9 Å². The van der Waals surface area contributed by atoms with Gasteiger partial charge < -0.3 is 20.7 Å². The normalized spacial score (nSPS) is 18.1. The molecule has 2 aliphatic rings. The second kappa shape index (κ2) is 12.0. The zero-order valence-corrected chi connectivity index (χ0v) is 21.4. The molecule has 2 saturated heterocycles. The predicted molar refractivity (Wildman–Crippen MR) is 143 cm³/mol. The Bertz CT molecular complexity index is 1210. The van der Waals surface area contributed by atoms with Crippen LogP contribution in [0, 0.1) is 5.82 Å². The topological polar surface area (TPSA) is 88.2 Å². The van der Waals surface area contributed by atoms with Gasteiger partial charge in [0, 0.05) is 18.5 Å². The summed E-state index contributed by atoms with van der Waals surface area (Å²) >= 11 is 6.11. The highest BCUT2D eigenvalue weighted by atomic mass is 35.5. The molecule has 1 unspecified atom stereocenters. The number of para-hydroxylation sites is 1. The minimum atomic E-state index is -0.603. The van der Waals surface area contributed by atoms with E-state index in [0.717, 1.165) is 57.5 Å². The van der Waals surface area contributed by atoms with Crippen molar-refractivity contribution in [2.24, 2.45) is 0 Å². The number of amides is 1. The second-order valence-electron chi connectivity index (χ2n) is 9.55. The number of halogens is 2. The molecule has 1 atom stereocenters. The molecule has 0 spiro atoms. The van der Waals surface area contributed by atoms with Crippen molar-refractivity contribution in [3.8, 4) is 0 Å². The highest BCUT2D eigenvalue weighted by Crippen LogP contribution is 2.28. The van der Waals surface area contributed by atoms with Crippen LogP contribution in [0.2, 0.25) is 5.02 Å². The Hall–Kier alpha value is -3.07. The molecule has 0 saturated carbocycles. The van der Waals surface area contributed by atoms with E-state index in [4.69, 9.17) is 16.3 Å². The summed E-state index contributed by atoms with van der Waals surface area (Å²) < 4.78 is 20.0. The van der Waals surface area contributed by atoms with E-state index in [0.29, 0.717) is 24.0 Å². The molecule has 2 aromatic carbocycles. The van der Waals surface area contributed by atoms with Crippen LogP contribution in [0.4, 0.5) is 21.7 Å². The van der Waals surface area contributed by atoms with Gasteiger partial charge in [0.15, 0.2) is 0 Å². The quantitative estimate of drug-likeness (QED) is 0.343. The zero-order valence-electron chi connectivity index (χ0n) is 20.6. The smallest absolute Gasteiger partial charge is 0.259 e. The lowest BCUT2D eigenvalue weighted by atomic mass is 9.90. The number of piperidine rings is 1. The first-order valence-electron chi connectivity index (χ1n) is 12.9. The molecular weight excluding hydrogens is 493 g/mol. The molecular formula is C28H31ClFN5O2. The van der Waals surface area contributed by atoms with Gasteiger partial charge >= 0.3 is 0 Å². The molecule has 0 aliphatic carbocycles. The summed E-state index contributed by atoms with van der Waals surface area (Å²) in [4.78, 5) is 22.2. The summed E-state index contributed by atoms with van der Waals surface area (Å²) in [7, 11) is 0. The average molecular weight is 524 g/mol. The number of carbonyl (C=O) groups is 1. The van der Waals surface area contributed by atoms with Crippen LogP contribution in [0.15, 0.2) is 48.7 Å². The van der Waals surface area contributed by atoms with Crippen molar-refractivity contribution in [3.63, 3.8) is 0 Å². The molecule has 37 heavy (non-hydrogen) atoms. The fourth-order valence-corrected chi connectivity index (χ4v) is 5.16. The number of nitrogens with zero attached hydrogens (tertiary/aromatic N) is 2. The van der Waals surface area contributed by atoms with Gasteiger partial charge in [0.1, 0.15) is 5.82 Å². The lowest BCUT2D eigenvalue weighted by Gasteiger charge is -2.23. The second-order valence-corrected chi connectivity index (χ2v) is 9.96. The van der Waals surface area contributed by atoms with Crippen molar-refractivity contribution in [1.29, 1.82) is 0 Å². The third kappa shape index (κ3) is 6.44. The van der Waals surface area contributed by atoms with Gasteiger partial charge in [-0.1, -0.05) is 29.8 Å². The highest BCUT2D eigenvalue weighted by molar-refractivity contribution is 6.34. The van der Waals surface area contributed by atoms with Crippen LogP contribution in [0.1, 0.15) is 59.6 Å². The van der Waals surface area contributed by atoms with Gasteiger partial charge in [0.2, 0.25) is 5.95 Å². The molecule has 3 heterocycles. The fourth-order valence-electron chi connectivity index (χ4n) is 4.95. The Morgan fingerprint density at radius 1 is 1.14 bits per heavy atom. The fraction of sp³-hybridized carbons (Fsp3) is 0.393. The van der Waals surface area contributed by atoms with Crippen LogP contribution in [-0.2, 0) is 11.2 Å². The maximum atomic E-state index is 14.3. The Morgan fingerprint density at radius 3 is 2.68 bits per heavy atom. The van der Waals surface area contributed by atoms with Crippen molar-refractivity contribution in [3.05, 3.63) is 76.3 Å². The molecule has 194 valence electrons. The van der Waals surface area contributed by atoms with Gasteiger partial charge in [-0.15, -0.1) is 0 Å². The SMILES string of the molecule is O=C(Nc1c(F)cccc1Cl)c1cnc(Nc2ccc(C3CCNCC3)cc2)nc1CCC1CCCO1. The first kappa shape index (κ1) is 25.6. The van der Waals surface area contributed by atoms with E-state index in [-0.39, 0.29) is 22.4 Å². The number of hydrogen-bond acceptors (Lipinski definition) is 6. The largest absolute Gasteiger partial charge is 0.378 e. The maximum absolute atomic E-state index is 14.3. The molecule has 3 aromatic rings. The number of anilines is 3. The standard InChI is InChI=1S/C28H31ClFN5O2/c29-23-4-1-5-24(30)26(23)35-27(36)22-17-32-28(34-25(22)11-10-21-3-2-16-37-21)33-20-8-6-18(7-9-20)19-12-14-31-15-13-19/h1,4-9,17,19,21,31H,2-3,10-16H2,(H,35,36)(H,32,33,34). The number of hydrogen-bond donors (Lipinski definition) is 3. The van der Waals surface area contributed by atoms with E-state index in [1.165, 1.54) is 30.0 Å². The van der Waals surface area contributed by atoms with Gasteiger partial charge in [-0.05, 0) is 87.4 Å². The number of nitrogens with one attached hydrogen (secondary N) is 3. The van der Waals surface area contributed by atoms with Crippen LogP contribution in [0.25, 0.3) is 0 Å². The van der Waals surface area contributed by atoms with Gasteiger partial charge in [-0.2, -0.15) is 0 Å². The van der Waals surface area contributed by atoms with Crippen molar-refractivity contribution in [2.75, 3.05) is 30.3 Å². The number of benzene rings is 2. The molecule has 1 amide bonds. The van der Waals surface area contributed by atoms with Crippen molar-refractivity contribution >= 4 is 34.8 Å². The first-order valence-corrected chi connectivity index (χ1v) is 13.2. The third-order valence-corrected chi connectivity index (χ3v) is 7.33. The number of rotatable bonds is 8. The van der Waals surface area contributed by atoms with Crippen molar-refractivity contribution in [2.45, 2.75) is 50.5 Å². The van der Waals surface area contributed by atoms with E-state index >= 15 is 0 Å². The first-order chi connectivity index (χ1) is 18.1. The van der Waals surface area contributed by atoms with Crippen LogP contribution >= 0.6 is 11.6 Å². The molecule has 7 nitrogen and oxygen atoms in total. The van der Waals surface area contributed by atoms with Gasteiger partial charge in [0.05, 0.1) is 28.1 Å².